The van der Waals surface area contributed by atoms with Crippen LogP contribution in [-0.2, 0) is 57.3 Å². The van der Waals surface area contributed by atoms with Crippen LogP contribution in [0.4, 0.5) is 11.4 Å². The predicted octanol–water partition coefficient (Wildman–Crippen LogP) is -2.73. The summed E-state index contributed by atoms with van der Waals surface area (Å²) in [6.07, 6.45) is 0. The molecular formula is C26H26N4O12. The van der Waals surface area contributed by atoms with Crippen LogP contribution in [0.2, 0.25) is 0 Å². The zero-order valence-electron chi connectivity index (χ0n) is 22.7. The smallest absolute Gasteiger partial charge is 0.323 e. The lowest BCUT2D eigenvalue weighted by Crippen LogP contribution is -2.48. The second-order valence-electron chi connectivity index (χ2n) is 9.98. The van der Waals surface area contributed by atoms with Gasteiger partial charge in [-0.05, 0) is 18.2 Å². The van der Waals surface area contributed by atoms with E-state index in [2.05, 4.69) is 10.6 Å². The number of carbonyl (C=O) groups excluding carboxylic acids is 8. The molecule has 4 amide bonds. The van der Waals surface area contributed by atoms with Crippen molar-refractivity contribution in [2.45, 2.75) is 24.2 Å². The van der Waals surface area contributed by atoms with Crippen molar-refractivity contribution in [1.29, 1.82) is 0 Å². The fourth-order valence-corrected chi connectivity index (χ4v) is 6.28. The molecule has 4 heterocycles. The maximum absolute atomic E-state index is 13.6. The van der Waals surface area contributed by atoms with Crippen molar-refractivity contribution in [2.75, 3.05) is 38.2 Å². The standard InChI is InChI=1S/C26H26N4O12/c1-39-23(35)15-11-12(16(27-15)24(36)40-2)20(32)29(19(11)31)9-6-5-7-10(8-9)30-21(33)13-14(22(30)34)18(26(38)42-4)28-17(13)25(37)41-3/h5-8,11-18,27-28H,1-4H3. The molecule has 4 saturated heterocycles. The Morgan fingerprint density at radius 3 is 1.05 bits per heavy atom. The van der Waals surface area contributed by atoms with Gasteiger partial charge < -0.3 is 18.9 Å². The van der Waals surface area contributed by atoms with E-state index in [0.717, 1.165) is 38.2 Å². The summed E-state index contributed by atoms with van der Waals surface area (Å²) in [6, 6.07) is 0.109. The van der Waals surface area contributed by atoms with E-state index in [1.165, 1.54) is 24.3 Å². The number of esters is 4. The Bertz CT molecular complexity index is 1250. The second-order valence-corrected chi connectivity index (χ2v) is 9.98. The molecule has 0 bridgehead atoms. The topological polar surface area (TPSA) is 204 Å². The van der Waals surface area contributed by atoms with Gasteiger partial charge in [-0.1, -0.05) is 6.07 Å². The first-order valence-corrected chi connectivity index (χ1v) is 12.7. The number of nitrogens with one attached hydrogen (secondary N) is 2. The number of methoxy groups -OCH3 is 4. The minimum absolute atomic E-state index is 0.0473. The van der Waals surface area contributed by atoms with Gasteiger partial charge in [-0.3, -0.25) is 49.0 Å². The number of ether oxygens (including phenoxy) is 4. The molecule has 4 fully saturated rings. The lowest BCUT2D eigenvalue weighted by atomic mass is 9.89. The highest BCUT2D eigenvalue weighted by Crippen LogP contribution is 2.43. The van der Waals surface area contributed by atoms with Gasteiger partial charge in [0.2, 0.25) is 23.6 Å². The van der Waals surface area contributed by atoms with Crippen molar-refractivity contribution < 1.29 is 57.3 Å². The van der Waals surface area contributed by atoms with Crippen LogP contribution in [0.1, 0.15) is 0 Å². The van der Waals surface area contributed by atoms with Gasteiger partial charge in [0.15, 0.2) is 0 Å². The highest BCUT2D eigenvalue weighted by atomic mass is 16.5. The molecule has 0 radical (unpaired) electrons. The summed E-state index contributed by atoms with van der Waals surface area (Å²) >= 11 is 0. The summed E-state index contributed by atoms with van der Waals surface area (Å²) in [6.45, 7) is 0. The van der Waals surface area contributed by atoms with E-state index in [4.69, 9.17) is 18.9 Å². The first kappa shape index (κ1) is 28.8. The molecule has 8 atom stereocenters. The van der Waals surface area contributed by atoms with Crippen molar-refractivity contribution in [3.05, 3.63) is 24.3 Å². The Labute approximate surface area is 237 Å². The van der Waals surface area contributed by atoms with Gasteiger partial charge in [-0.15, -0.1) is 0 Å². The molecule has 4 aliphatic rings. The highest BCUT2D eigenvalue weighted by Gasteiger charge is 2.65. The molecular weight excluding hydrogens is 560 g/mol. The van der Waals surface area contributed by atoms with Crippen LogP contribution >= 0.6 is 0 Å². The van der Waals surface area contributed by atoms with Crippen molar-refractivity contribution in [3.8, 4) is 0 Å². The molecule has 42 heavy (non-hydrogen) atoms. The number of nitrogens with zero attached hydrogens (tertiary/aromatic N) is 2. The van der Waals surface area contributed by atoms with E-state index in [1.54, 1.807) is 0 Å². The maximum Gasteiger partial charge on any atom is 0.323 e. The Morgan fingerprint density at radius 2 is 0.810 bits per heavy atom. The Morgan fingerprint density at radius 1 is 0.548 bits per heavy atom. The van der Waals surface area contributed by atoms with Gasteiger partial charge in [0.05, 0.1) is 63.5 Å². The average molecular weight is 587 g/mol. The zero-order valence-corrected chi connectivity index (χ0v) is 22.7. The van der Waals surface area contributed by atoms with Crippen LogP contribution in [0.15, 0.2) is 24.3 Å². The molecule has 2 N–H and O–H groups in total. The molecule has 8 unspecified atom stereocenters. The molecule has 222 valence electrons. The fraction of sp³-hybridized carbons (Fsp3) is 0.462. The summed E-state index contributed by atoms with van der Waals surface area (Å²) in [7, 11) is 4.38. The average Bonchev–Trinajstić information content (AvgIpc) is 3.71. The van der Waals surface area contributed by atoms with Crippen LogP contribution in [0, 0.1) is 23.7 Å². The minimum Gasteiger partial charge on any atom is -0.468 e. The molecule has 1 aromatic rings. The SMILES string of the molecule is COC(=O)C1NC(C(=O)OC)C2C(=O)N(c3cccc(N4C(=O)C5C(C(=O)OC)NC(C(=O)OC)C5C4=O)c3)C(=O)C12. The van der Waals surface area contributed by atoms with Crippen LogP contribution < -0.4 is 20.4 Å². The number of benzene rings is 1. The van der Waals surface area contributed by atoms with E-state index in [-0.39, 0.29) is 11.4 Å². The number of hydrogen-bond acceptors (Lipinski definition) is 14. The quantitative estimate of drug-likeness (QED) is 0.197. The van der Waals surface area contributed by atoms with Crippen LogP contribution in [0.5, 0.6) is 0 Å². The second kappa shape index (κ2) is 10.6. The third-order valence-corrected chi connectivity index (χ3v) is 8.12. The summed E-state index contributed by atoms with van der Waals surface area (Å²) in [5.74, 6) is -11.9. The number of fused-ring (bicyclic) bond motifs is 2. The lowest BCUT2D eigenvalue weighted by molar-refractivity contribution is -0.147. The van der Waals surface area contributed by atoms with E-state index in [1.807, 2.05) is 0 Å². The van der Waals surface area contributed by atoms with Gasteiger partial charge >= 0.3 is 23.9 Å². The van der Waals surface area contributed by atoms with E-state index in [9.17, 15) is 38.4 Å². The Hall–Kier alpha value is -4.70. The van der Waals surface area contributed by atoms with Gasteiger partial charge in [0, 0.05) is 0 Å². The monoisotopic (exact) mass is 586 g/mol. The molecule has 0 aromatic heterocycles. The number of anilines is 2. The normalized spacial score (nSPS) is 31.6. The molecule has 0 aliphatic carbocycles. The molecule has 0 spiro atoms. The molecule has 16 nitrogen and oxygen atoms in total. The largest absolute Gasteiger partial charge is 0.468 e. The molecule has 16 heteroatoms. The Balaban J connectivity index is 1.50. The van der Waals surface area contributed by atoms with Crippen LogP contribution in [0.25, 0.3) is 0 Å². The highest BCUT2D eigenvalue weighted by molar-refractivity contribution is 6.27. The number of amides is 4. The van der Waals surface area contributed by atoms with Gasteiger partial charge in [-0.2, -0.15) is 0 Å². The minimum atomic E-state index is -1.31. The number of imide groups is 2. The van der Waals surface area contributed by atoms with E-state index in [0.29, 0.717) is 0 Å². The summed E-state index contributed by atoms with van der Waals surface area (Å²) < 4.78 is 19.0. The maximum atomic E-state index is 13.6. The number of carbonyl (C=O) groups is 8. The van der Waals surface area contributed by atoms with Crippen molar-refractivity contribution in [3.63, 3.8) is 0 Å². The molecule has 4 aliphatic heterocycles. The molecule has 0 saturated carbocycles. The lowest BCUT2D eigenvalue weighted by Gasteiger charge is -2.23. The van der Waals surface area contributed by atoms with E-state index < -0.39 is 95.3 Å². The number of hydrogen-bond donors (Lipinski definition) is 2. The van der Waals surface area contributed by atoms with Gasteiger partial charge in [0.25, 0.3) is 0 Å². The summed E-state index contributed by atoms with van der Waals surface area (Å²) in [5.41, 5.74) is -0.0945. The third-order valence-electron chi connectivity index (χ3n) is 8.12. The van der Waals surface area contributed by atoms with Gasteiger partial charge in [0.1, 0.15) is 24.2 Å². The predicted molar refractivity (Wildman–Crippen MR) is 135 cm³/mol. The summed E-state index contributed by atoms with van der Waals surface area (Å²) in [5, 5.41) is 5.31. The first-order valence-electron chi connectivity index (χ1n) is 12.7. The Kier molecular flexibility index (Phi) is 7.28. The fourth-order valence-electron chi connectivity index (χ4n) is 6.28. The van der Waals surface area contributed by atoms with E-state index >= 15 is 0 Å². The van der Waals surface area contributed by atoms with Crippen LogP contribution in [0.3, 0.4) is 0 Å². The van der Waals surface area contributed by atoms with Crippen LogP contribution in [-0.4, -0.2) is 100 Å². The zero-order chi connectivity index (χ0) is 30.6. The van der Waals surface area contributed by atoms with Gasteiger partial charge in [-0.25, -0.2) is 9.80 Å². The van der Waals surface area contributed by atoms with Crippen molar-refractivity contribution >= 4 is 58.9 Å². The number of rotatable bonds is 6. The molecule has 5 rings (SSSR count). The van der Waals surface area contributed by atoms with Crippen molar-refractivity contribution in [1.82, 2.24) is 10.6 Å². The summed E-state index contributed by atoms with van der Waals surface area (Å²) in [4.78, 5) is 105. The third kappa shape index (κ3) is 4.05. The van der Waals surface area contributed by atoms with Crippen molar-refractivity contribution in [2.24, 2.45) is 23.7 Å². The molecule has 1 aromatic carbocycles. The first-order chi connectivity index (χ1) is 20.0.